The lowest BCUT2D eigenvalue weighted by Gasteiger charge is -2.34. The molecule has 0 aromatic carbocycles. The quantitative estimate of drug-likeness (QED) is 0.648. The molecule has 1 N–H and O–H groups in total. The van der Waals surface area contributed by atoms with Gasteiger partial charge in [0.05, 0.1) is 11.0 Å². The Labute approximate surface area is 105 Å². The maximum Gasteiger partial charge on any atom is 0.290 e. The fourth-order valence-electron chi connectivity index (χ4n) is 2.26. The molecule has 1 aliphatic rings. The molecule has 18 heavy (non-hydrogen) atoms. The van der Waals surface area contributed by atoms with Crippen LogP contribution in [0, 0.1) is 23.0 Å². The second-order valence-electron chi connectivity index (χ2n) is 4.96. The minimum absolute atomic E-state index is 0.0474. The lowest BCUT2D eigenvalue weighted by atomic mass is 9.82. The number of aliphatic hydroxyl groups is 1. The molecule has 98 valence electrons. The predicted molar refractivity (Wildman–Crippen MR) is 67.6 cm³/mol. The largest absolute Gasteiger partial charge is 0.393 e. The first kappa shape index (κ1) is 12.8. The summed E-state index contributed by atoms with van der Waals surface area (Å²) in [5, 5.41) is 19.9. The highest BCUT2D eigenvalue weighted by Crippen LogP contribution is 2.29. The smallest absolute Gasteiger partial charge is 0.290 e. The van der Waals surface area contributed by atoms with Crippen LogP contribution >= 0.6 is 0 Å². The highest BCUT2D eigenvalue weighted by atomic mass is 16.6. The van der Waals surface area contributed by atoms with Crippen LogP contribution in [-0.4, -0.2) is 34.7 Å². The molecule has 1 aliphatic carbocycles. The summed E-state index contributed by atoms with van der Waals surface area (Å²) in [7, 11) is 1.91. The first-order valence-electron chi connectivity index (χ1n) is 5.97. The Morgan fingerprint density at radius 1 is 1.61 bits per heavy atom. The standard InChI is InChI=1S/C12H17N3O3/c1-8-3-12(13-6-11(8)15(17)18)14(2)7-9-4-10(16)5-9/h3,6,9-10,16H,4-5,7H2,1-2H3. The van der Waals surface area contributed by atoms with Crippen molar-refractivity contribution in [3.05, 3.63) is 27.9 Å². The minimum atomic E-state index is -0.422. The maximum atomic E-state index is 10.7. The number of nitrogens with zero attached hydrogens (tertiary/aromatic N) is 3. The molecule has 1 saturated carbocycles. The average molecular weight is 251 g/mol. The average Bonchev–Trinajstić information content (AvgIpc) is 2.26. The van der Waals surface area contributed by atoms with Crippen LogP contribution in [0.4, 0.5) is 11.5 Å². The van der Waals surface area contributed by atoms with Crippen LogP contribution in [0.2, 0.25) is 0 Å². The van der Waals surface area contributed by atoms with Gasteiger partial charge in [0, 0.05) is 19.2 Å². The first-order chi connectivity index (χ1) is 8.47. The minimum Gasteiger partial charge on any atom is -0.393 e. The number of aliphatic hydroxyl groups excluding tert-OH is 1. The summed E-state index contributed by atoms with van der Waals surface area (Å²) < 4.78 is 0. The van der Waals surface area contributed by atoms with Gasteiger partial charge in [-0.05, 0) is 31.7 Å². The van der Waals surface area contributed by atoms with Crippen molar-refractivity contribution in [1.29, 1.82) is 0 Å². The molecular weight excluding hydrogens is 234 g/mol. The highest BCUT2D eigenvalue weighted by Gasteiger charge is 2.28. The normalized spacial score (nSPS) is 22.4. The summed E-state index contributed by atoms with van der Waals surface area (Å²) in [6.45, 7) is 2.53. The molecule has 6 nitrogen and oxygen atoms in total. The zero-order chi connectivity index (χ0) is 13.3. The number of hydrogen-bond donors (Lipinski definition) is 1. The van der Waals surface area contributed by atoms with Crippen LogP contribution in [0.5, 0.6) is 0 Å². The summed E-state index contributed by atoms with van der Waals surface area (Å²) in [4.78, 5) is 16.4. The van der Waals surface area contributed by atoms with Gasteiger partial charge in [0.25, 0.3) is 5.69 Å². The van der Waals surface area contributed by atoms with E-state index in [1.807, 2.05) is 11.9 Å². The molecule has 0 saturated heterocycles. The van der Waals surface area contributed by atoms with E-state index in [0.717, 1.165) is 25.2 Å². The SMILES string of the molecule is Cc1cc(N(C)CC2CC(O)C2)ncc1[N+](=O)[O-]. The molecular formula is C12H17N3O3. The number of pyridine rings is 1. The number of anilines is 1. The Hall–Kier alpha value is -1.69. The zero-order valence-corrected chi connectivity index (χ0v) is 10.5. The van der Waals surface area contributed by atoms with E-state index in [0.29, 0.717) is 11.5 Å². The number of hydrogen-bond acceptors (Lipinski definition) is 5. The predicted octanol–water partition coefficient (Wildman–Crippen LogP) is 1.51. The Bertz CT molecular complexity index is 458. The van der Waals surface area contributed by atoms with Gasteiger partial charge in [-0.2, -0.15) is 0 Å². The molecule has 1 fully saturated rings. The summed E-state index contributed by atoms with van der Waals surface area (Å²) in [5.41, 5.74) is 0.664. The van der Waals surface area contributed by atoms with Gasteiger partial charge < -0.3 is 10.0 Å². The lowest BCUT2D eigenvalue weighted by Crippen LogP contribution is -2.37. The van der Waals surface area contributed by atoms with Crippen LogP contribution < -0.4 is 4.90 Å². The van der Waals surface area contributed by atoms with Crippen molar-refractivity contribution in [2.45, 2.75) is 25.9 Å². The third-order valence-electron chi connectivity index (χ3n) is 3.40. The van der Waals surface area contributed by atoms with E-state index < -0.39 is 4.92 Å². The molecule has 0 bridgehead atoms. The van der Waals surface area contributed by atoms with Crippen LogP contribution in [0.15, 0.2) is 12.3 Å². The Kier molecular flexibility index (Phi) is 3.47. The molecule has 0 radical (unpaired) electrons. The van der Waals surface area contributed by atoms with E-state index in [1.165, 1.54) is 6.20 Å². The van der Waals surface area contributed by atoms with E-state index in [9.17, 15) is 15.2 Å². The van der Waals surface area contributed by atoms with Crippen LogP contribution in [0.3, 0.4) is 0 Å². The van der Waals surface area contributed by atoms with E-state index in [1.54, 1.807) is 13.0 Å². The molecule has 0 atom stereocenters. The molecule has 0 unspecified atom stereocenters. The maximum absolute atomic E-state index is 10.7. The van der Waals surface area contributed by atoms with E-state index in [-0.39, 0.29) is 11.8 Å². The second-order valence-corrected chi connectivity index (χ2v) is 4.96. The van der Waals surface area contributed by atoms with Gasteiger partial charge in [-0.3, -0.25) is 10.1 Å². The topological polar surface area (TPSA) is 79.5 Å². The molecule has 2 rings (SSSR count). The van der Waals surface area contributed by atoms with Gasteiger partial charge in [-0.25, -0.2) is 4.98 Å². The third-order valence-corrected chi connectivity index (χ3v) is 3.40. The molecule has 1 aromatic heterocycles. The molecule has 0 aliphatic heterocycles. The zero-order valence-electron chi connectivity index (χ0n) is 10.5. The van der Waals surface area contributed by atoms with E-state index in [2.05, 4.69) is 4.98 Å². The lowest BCUT2D eigenvalue weighted by molar-refractivity contribution is -0.385. The van der Waals surface area contributed by atoms with Gasteiger partial charge in [0.15, 0.2) is 0 Å². The number of aromatic nitrogens is 1. The monoisotopic (exact) mass is 251 g/mol. The molecule has 1 heterocycles. The van der Waals surface area contributed by atoms with Crippen molar-refractivity contribution in [2.75, 3.05) is 18.5 Å². The number of rotatable bonds is 4. The van der Waals surface area contributed by atoms with Crippen molar-refractivity contribution in [1.82, 2.24) is 4.98 Å². The van der Waals surface area contributed by atoms with E-state index >= 15 is 0 Å². The molecule has 1 aromatic rings. The fourth-order valence-corrected chi connectivity index (χ4v) is 2.26. The summed E-state index contributed by atoms with van der Waals surface area (Å²) in [5.74, 6) is 1.22. The van der Waals surface area contributed by atoms with Crippen LogP contribution in [0.1, 0.15) is 18.4 Å². The van der Waals surface area contributed by atoms with Crippen molar-refractivity contribution >= 4 is 11.5 Å². The number of nitro groups is 1. The molecule has 0 amide bonds. The van der Waals surface area contributed by atoms with Gasteiger partial charge >= 0.3 is 0 Å². The summed E-state index contributed by atoms with van der Waals surface area (Å²) in [6.07, 6.45) is 2.80. The van der Waals surface area contributed by atoms with Gasteiger partial charge in [0.1, 0.15) is 12.0 Å². The van der Waals surface area contributed by atoms with Crippen molar-refractivity contribution in [3.8, 4) is 0 Å². The summed E-state index contributed by atoms with van der Waals surface area (Å²) >= 11 is 0. The Balaban J connectivity index is 2.04. The second kappa shape index (κ2) is 4.89. The highest BCUT2D eigenvalue weighted by molar-refractivity contribution is 5.48. The first-order valence-corrected chi connectivity index (χ1v) is 5.97. The van der Waals surface area contributed by atoms with Gasteiger partial charge in [-0.1, -0.05) is 0 Å². The number of aryl methyl sites for hydroxylation is 1. The Morgan fingerprint density at radius 2 is 2.28 bits per heavy atom. The fraction of sp³-hybridized carbons (Fsp3) is 0.583. The van der Waals surface area contributed by atoms with Crippen LogP contribution in [-0.2, 0) is 0 Å². The molecule has 6 heteroatoms. The van der Waals surface area contributed by atoms with Gasteiger partial charge in [-0.15, -0.1) is 0 Å². The van der Waals surface area contributed by atoms with Gasteiger partial charge in [0.2, 0.25) is 0 Å². The van der Waals surface area contributed by atoms with Crippen molar-refractivity contribution in [3.63, 3.8) is 0 Å². The van der Waals surface area contributed by atoms with Crippen molar-refractivity contribution < 1.29 is 10.0 Å². The van der Waals surface area contributed by atoms with E-state index in [4.69, 9.17) is 0 Å². The molecule has 0 spiro atoms. The van der Waals surface area contributed by atoms with Crippen molar-refractivity contribution in [2.24, 2.45) is 5.92 Å². The Morgan fingerprint density at radius 3 is 2.78 bits per heavy atom. The van der Waals surface area contributed by atoms with Crippen LogP contribution in [0.25, 0.3) is 0 Å². The third kappa shape index (κ3) is 2.59. The summed E-state index contributed by atoms with van der Waals surface area (Å²) in [6, 6.07) is 1.73.